The Labute approximate surface area is 93.3 Å². The Kier molecular flexibility index (Phi) is 3.41. The van der Waals surface area contributed by atoms with Crippen LogP contribution in [0.25, 0.3) is 10.4 Å². The lowest BCUT2D eigenvalue weighted by Gasteiger charge is -2.18. The molecule has 1 aromatic rings. The Balaban J connectivity index is 2.31. The van der Waals surface area contributed by atoms with Crippen LogP contribution >= 0.6 is 0 Å². The number of hydrogen-bond acceptors (Lipinski definition) is 3. The quantitative estimate of drug-likeness (QED) is 0.480. The average Bonchev–Trinajstić information content (AvgIpc) is 2.35. The molecule has 16 heavy (non-hydrogen) atoms. The third-order valence-electron chi connectivity index (χ3n) is 2.75. The van der Waals surface area contributed by atoms with E-state index in [2.05, 4.69) is 10.0 Å². The van der Waals surface area contributed by atoms with E-state index in [0.717, 1.165) is 18.6 Å². The second kappa shape index (κ2) is 4.99. The topological polar surface area (TPSA) is 78.2 Å². The highest BCUT2D eigenvalue weighted by atomic mass is 16.5. The van der Waals surface area contributed by atoms with Gasteiger partial charge in [-0.05, 0) is 28.6 Å². The summed E-state index contributed by atoms with van der Waals surface area (Å²) in [5, 5.41) is 12.7. The second-order valence-corrected chi connectivity index (χ2v) is 3.73. The summed E-state index contributed by atoms with van der Waals surface area (Å²) >= 11 is 0. The van der Waals surface area contributed by atoms with E-state index in [4.69, 9.17) is 15.4 Å². The van der Waals surface area contributed by atoms with Gasteiger partial charge in [0.2, 0.25) is 0 Å². The smallest absolute Gasteiger partial charge is 0.0856 e. The molecule has 0 radical (unpaired) electrons. The van der Waals surface area contributed by atoms with Gasteiger partial charge in [-0.15, -0.1) is 0 Å². The number of nitrogens with zero attached hydrogens (tertiary/aromatic N) is 3. The lowest BCUT2D eigenvalue weighted by Crippen LogP contribution is -2.11. The molecule has 0 bridgehead atoms. The maximum absolute atomic E-state index is 9.13. The summed E-state index contributed by atoms with van der Waals surface area (Å²) in [6.45, 7) is 1.20. The molecule has 5 heteroatoms. The summed E-state index contributed by atoms with van der Waals surface area (Å²) in [6.07, 6.45) is 0.873. The van der Waals surface area contributed by atoms with Crippen LogP contribution in [0.15, 0.2) is 23.3 Å². The third kappa shape index (κ3) is 2.17. The Morgan fingerprint density at radius 3 is 3.12 bits per heavy atom. The second-order valence-electron chi connectivity index (χ2n) is 3.73. The molecule has 1 aromatic carbocycles. The van der Waals surface area contributed by atoms with E-state index in [1.807, 2.05) is 18.2 Å². The minimum absolute atomic E-state index is 0.167. The normalized spacial score (nSPS) is 16.1. The van der Waals surface area contributed by atoms with Crippen molar-refractivity contribution in [3.63, 3.8) is 0 Å². The first kappa shape index (κ1) is 11.0. The zero-order valence-electron chi connectivity index (χ0n) is 8.83. The maximum Gasteiger partial charge on any atom is 0.0856 e. The summed E-state index contributed by atoms with van der Waals surface area (Å²) in [7, 11) is 0. The zero-order valence-corrected chi connectivity index (χ0v) is 8.83. The van der Waals surface area contributed by atoms with Gasteiger partial charge in [-0.1, -0.05) is 23.3 Å². The lowest BCUT2D eigenvalue weighted by molar-refractivity contribution is 0.110. The molecule has 0 saturated heterocycles. The molecule has 5 nitrogen and oxygen atoms in total. The Bertz CT molecular complexity index is 427. The Hall–Kier alpha value is -1.55. The molecule has 1 unspecified atom stereocenters. The lowest BCUT2D eigenvalue weighted by atomic mass is 9.97. The molecule has 0 saturated carbocycles. The van der Waals surface area contributed by atoms with Gasteiger partial charge in [0.25, 0.3) is 0 Å². The highest BCUT2D eigenvalue weighted by Crippen LogP contribution is 2.23. The molecule has 0 fully saturated rings. The van der Waals surface area contributed by atoms with E-state index in [-0.39, 0.29) is 6.61 Å². The van der Waals surface area contributed by atoms with Crippen molar-refractivity contribution in [2.75, 3.05) is 13.2 Å². The first-order valence-electron chi connectivity index (χ1n) is 5.19. The van der Waals surface area contributed by atoms with Crippen LogP contribution in [0, 0.1) is 0 Å². The van der Waals surface area contributed by atoms with Crippen molar-refractivity contribution in [2.45, 2.75) is 19.1 Å². The van der Waals surface area contributed by atoms with Crippen molar-refractivity contribution in [1.29, 1.82) is 0 Å². The van der Waals surface area contributed by atoms with Gasteiger partial charge >= 0.3 is 0 Å². The number of ether oxygens (including phenoxy) is 1. The Morgan fingerprint density at radius 1 is 1.50 bits per heavy atom. The highest BCUT2D eigenvalue weighted by molar-refractivity contribution is 5.34. The summed E-state index contributed by atoms with van der Waals surface area (Å²) in [5.74, 6) is 0. The number of benzene rings is 1. The van der Waals surface area contributed by atoms with Crippen LogP contribution in [0.1, 0.15) is 22.7 Å². The summed E-state index contributed by atoms with van der Waals surface area (Å²) < 4.78 is 5.34. The minimum Gasteiger partial charge on any atom is -0.396 e. The molecule has 1 aliphatic rings. The predicted molar refractivity (Wildman–Crippen MR) is 58.8 cm³/mol. The first-order chi connectivity index (χ1) is 7.85. The van der Waals surface area contributed by atoms with Gasteiger partial charge in [-0.2, -0.15) is 0 Å². The number of hydrogen-bond donors (Lipinski definition) is 1. The van der Waals surface area contributed by atoms with Crippen molar-refractivity contribution < 1.29 is 9.84 Å². The molecule has 1 heterocycles. The van der Waals surface area contributed by atoms with Crippen LogP contribution in [-0.4, -0.2) is 18.3 Å². The van der Waals surface area contributed by atoms with Crippen molar-refractivity contribution >= 4 is 0 Å². The minimum atomic E-state index is -0.488. The molecule has 0 aromatic heterocycles. The summed E-state index contributed by atoms with van der Waals surface area (Å²) in [4.78, 5) is 2.74. The van der Waals surface area contributed by atoms with Gasteiger partial charge in [0.05, 0.1) is 25.9 Å². The van der Waals surface area contributed by atoms with Crippen molar-refractivity contribution in [1.82, 2.24) is 0 Å². The fraction of sp³-hybridized carbons (Fsp3) is 0.455. The van der Waals surface area contributed by atoms with Crippen LogP contribution in [0.3, 0.4) is 0 Å². The van der Waals surface area contributed by atoms with Gasteiger partial charge in [0.15, 0.2) is 0 Å². The van der Waals surface area contributed by atoms with Crippen LogP contribution < -0.4 is 0 Å². The van der Waals surface area contributed by atoms with E-state index in [0.29, 0.717) is 6.61 Å². The molecule has 1 aliphatic heterocycles. The van der Waals surface area contributed by atoms with Gasteiger partial charge in [-0.3, -0.25) is 0 Å². The van der Waals surface area contributed by atoms with E-state index in [9.17, 15) is 0 Å². The molecule has 0 amide bonds. The van der Waals surface area contributed by atoms with E-state index in [1.165, 1.54) is 11.1 Å². The van der Waals surface area contributed by atoms with E-state index < -0.39 is 6.04 Å². The SMILES string of the molecule is [N-]=[N+]=NC(CO)c1ccc2c(c1)CCOC2. The average molecular weight is 219 g/mol. The highest BCUT2D eigenvalue weighted by Gasteiger charge is 2.13. The molecular formula is C11H13N3O2. The number of aliphatic hydroxyl groups is 1. The van der Waals surface area contributed by atoms with Crippen LogP contribution in [-0.2, 0) is 17.8 Å². The molecule has 0 aliphatic carbocycles. The summed E-state index contributed by atoms with van der Waals surface area (Å²) in [6, 6.07) is 5.36. The van der Waals surface area contributed by atoms with Gasteiger partial charge in [-0.25, -0.2) is 0 Å². The number of azide groups is 1. The fourth-order valence-electron chi connectivity index (χ4n) is 1.86. The molecule has 1 N–H and O–H groups in total. The molecular weight excluding hydrogens is 206 g/mol. The predicted octanol–water partition coefficient (Wildman–Crippen LogP) is 2.10. The molecule has 84 valence electrons. The van der Waals surface area contributed by atoms with E-state index >= 15 is 0 Å². The molecule has 1 atom stereocenters. The third-order valence-corrected chi connectivity index (χ3v) is 2.75. The van der Waals surface area contributed by atoms with Crippen LogP contribution in [0.2, 0.25) is 0 Å². The van der Waals surface area contributed by atoms with Gasteiger partial charge < -0.3 is 9.84 Å². The number of aliphatic hydroxyl groups excluding tert-OH is 1. The number of fused-ring (bicyclic) bond motifs is 1. The fourth-order valence-corrected chi connectivity index (χ4v) is 1.86. The van der Waals surface area contributed by atoms with Gasteiger partial charge in [0.1, 0.15) is 0 Å². The molecule has 0 spiro atoms. The van der Waals surface area contributed by atoms with Gasteiger partial charge in [0, 0.05) is 4.91 Å². The standard InChI is InChI=1S/C11H13N3O2/c12-14-13-11(6-15)9-1-2-10-7-16-4-3-8(10)5-9/h1-2,5,11,15H,3-4,6-7H2. The van der Waals surface area contributed by atoms with Crippen molar-refractivity contribution in [3.8, 4) is 0 Å². The zero-order chi connectivity index (χ0) is 11.4. The summed E-state index contributed by atoms with van der Waals surface area (Å²) in [5.41, 5.74) is 11.6. The van der Waals surface area contributed by atoms with Crippen LogP contribution in [0.5, 0.6) is 0 Å². The Morgan fingerprint density at radius 2 is 2.38 bits per heavy atom. The van der Waals surface area contributed by atoms with Crippen LogP contribution in [0.4, 0.5) is 0 Å². The van der Waals surface area contributed by atoms with Crippen molar-refractivity contribution in [2.24, 2.45) is 5.11 Å². The first-order valence-corrected chi connectivity index (χ1v) is 5.19. The number of rotatable bonds is 3. The molecule has 2 rings (SSSR count). The maximum atomic E-state index is 9.13. The monoisotopic (exact) mass is 219 g/mol. The largest absolute Gasteiger partial charge is 0.396 e. The van der Waals surface area contributed by atoms with Crippen molar-refractivity contribution in [3.05, 3.63) is 45.3 Å². The van der Waals surface area contributed by atoms with E-state index in [1.54, 1.807) is 0 Å².